The lowest BCUT2D eigenvalue weighted by molar-refractivity contribution is 1.16. The Kier molecular flexibility index (Phi) is 0.960. The third-order valence-corrected chi connectivity index (χ3v) is 0.777. The van der Waals surface area contributed by atoms with Crippen molar-refractivity contribution in [1.82, 2.24) is 5.32 Å². The first-order chi connectivity index (χ1) is 2.50. The number of rotatable bonds is 0. The Bertz CT molecular complexity index is 44.9. The highest BCUT2D eigenvalue weighted by Crippen LogP contribution is 2.09. The lowest BCUT2D eigenvalue weighted by Gasteiger charge is -1.48. The summed E-state index contributed by atoms with van der Waals surface area (Å²) < 4.78 is 0. The minimum absolute atomic E-state index is 1.48. The molecule has 1 aliphatic rings. The van der Waals surface area contributed by atoms with Crippen molar-refractivity contribution in [3.05, 3.63) is 17.5 Å². The molecule has 4 radical (unpaired) electrons. The van der Waals surface area contributed by atoms with Gasteiger partial charge in [0.2, 0.25) is 6.20 Å². The summed E-state index contributed by atoms with van der Waals surface area (Å²) in [6, 6.07) is 0. The van der Waals surface area contributed by atoms with Gasteiger partial charge in [0.05, 0.1) is 0 Å². The molecule has 0 aromatic rings. The van der Waals surface area contributed by atoms with Crippen LogP contribution in [0.25, 0.3) is 0 Å². The van der Waals surface area contributed by atoms with Crippen molar-refractivity contribution in [2.24, 2.45) is 0 Å². The quantitative estimate of drug-likeness (QED) is 0.423. The van der Waals surface area contributed by atoms with E-state index in [2.05, 4.69) is 11.2 Å². The second-order valence-electron chi connectivity index (χ2n) is 0.623. The Morgan fingerprint density at radius 1 is 1.80 bits per heavy atom. The van der Waals surface area contributed by atoms with Gasteiger partial charge in [0, 0.05) is 5.41 Å². The highest BCUT2D eigenvalue weighted by molar-refractivity contribution is 8.04. The average Bonchev–Trinajstić information content (AvgIpc) is 1.76. The topological polar surface area (TPSA) is 14.1 Å². The van der Waals surface area contributed by atoms with Crippen LogP contribution in [0.4, 0.5) is 0 Å². The summed E-state index contributed by atoms with van der Waals surface area (Å²) in [7, 11) is 0. The predicted octanol–water partition coefficient (Wildman–Crippen LogP) is 0.805. The van der Waals surface area contributed by atoms with E-state index in [1.807, 2.05) is 5.41 Å². The SMILES string of the molecule is [C]1[N+]C=CS1. The molecule has 0 bridgehead atoms. The van der Waals surface area contributed by atoms with Gasteiger partial charge in [-0.25, -0.2) is 0 Å². The summed E-state index contributed by atoms with van der Waals surface area (Å²) in [5.41, 5.74) is 0. The minimum atomic E-state index is 1.48. The van der Waals surface area contributed by atoms with Crippen LogP contribution < -0.4 is 5.32 Å². The molecule has 1 aliphatic heterocycles. The Morgan fingerprint density at radius 2 is 2.80 bits per heavy atom. The first-order valence-electron chi connectivity index (χ1n) is 1.25. The van der Waals surface area contributed by atoms with Crippen molar-refractivity contribution < 1.29 is 0 Å². The fourth-order valence-corrected chi connectivity index (χ4v) is 0.456. The van der Waals surface area contributed by atoms with Crippen molar-refractivity contribution in [3.8, 4) is 0 Å². The molecule has 5 heavy (non-hydrogen) atoms. The molecule has 2 heteroatoms. The van der Waals surface area contributed by atoms with Crippen molar-refractivity contribution in [2.75, 3.05) is 0 Å². The van der Waals surface area contributed by atoms with Gasteiger partial charge in [0.1, 0.15) is 5.32 Å². The third-order valence-electron chi connectivity index (χ3n) is 0.309. The van der Waals surface area contributed by atoms with E-state index in [4.69, 9.17) is 0 Å². The van der Waals surface area contributed by atoms with Crippen LogP contribution in [0.2, 0.25) is 0 Å². The normalized spacial score (nSPS) is 20.8. The average molecular weight is 84.1 g/mol. The van der Waals surface area contributed by atoms with Crippen molar-refractivity contribution in [3.63, 3.8) is 0 Å². The second-order valence-corrected chi connectivity index (χ2v) is 1.31. The first kappa shape index (κ1) is 3.25. The molecule has 0 aliphatic carbocycles. The van der Waals surface area contributed by atoms with Crippen molar-refractivity contribution in [2.45, 2.75) is 0 Å². The Balaban J connectivity index is 2.32. The van der Waals surface area contributed by atoms with Crippen LogP contribution in [0.1, 0.15) is 0 Å². The molecule has 0 saturated carbocycles. The van der Waals surface area contributed by atoms with Gasteiger partial charge in [0.25, 0.3) is 0 Å². The number of hydrogen-bond donors (Lipinski definition) is 0. The maximum absolute atomic E-state index is 3.62. The van der Waals surface area contributed by atoms with E-state index in [0.717, 1.165) is 0 Å². The van der Waals surface area contributed by atoms with Crippen molar-refractivity contribution in [1.29, 1.82) is 0 Å². The van der Waals surface area contributed by atoms with E-state index < -0.39 is 0 Å². The zero-order valence-electron chi connectivity index (χ0n) is 2.51. The van der Waals surface area contributed by atoms with E-state index in [9.17, 15) is 0 Å². The standard InChI is InChI=1S/C3H2NS/c1-2-5-3-4-1/h1-2H/q+1. The van der Waals surface area contributed by atoms with Gasteiger partial charge in [0.15, 0.2) is 0 Å². The summed E-state index contributed by atoms with van der Waals surface area (Å²) in [4.78, 5) is 0. The van der Waals surface area contributed by atoms with E-state index in [1.165, 1.54) is 11.8 Å². The molecule has 0 aromatic heterocycles. The number of hydrogen-bond acceptors (Lipinski definition) is 1. The van der Waals surface area contributed by atoms with Gasteiger partial charge in [-0.15, -0.1) is 0 Å². The second kappa shape index (κ2) is 1.48. The third kappa shape index (κ3) is 0.667. The first-order valence-corrected chi connectivity index (χ1v) is 2.13. The molecule has 0 N–H and O–H groups in total. The van der Waals surface area contributed by atoms with Gasteiger partial charge < -0.3 is 0 Å². The predicted molar refractivity (Wildman–Crippen MR) is 22.1 cm³/mol. The van der Waals surface area contributed by atoms with E-state index in [0.29, 0.717) is 0 Å². The highest BCUT2D eigenvalue weighted by Gasteiger charge is 2.08. The Morgan fingerprint density at radius 3 is 3.00 bits per heavy atom. The fourth-order valence-electron chi connectivity index (χ4n) is 0.152. The molecule has 0 amide bonds. The van der Waals surface area contributed by atoms with Crippen molar-refractivity contribution >= 4 is 11.8 Å². The lowest BCUT2D eigenvalue weighted by Crippen LogP contribution is -1.73. The van der Waals surface area contributed by atoms with Crippen LogP contribution in [0.5, 0.6) is 0 Å². The monoisotopic (exact) mass is 84.0 g/mol. The molecule has 1 nitrogen and oxygen atoms in total. The van der Waals surface area contributed by atoms with Crippen LogP contribution in [0.3, 0.4) is 0 Å². The highest BCUT2D eigenvalue weighted by atomic mass is 32.2. The summed E-state index contributed by atoms with van der Waals surface area (Å²) in [5, 5.41) is 5.49. The van der Waals surface area contributed by atoms with Crippen LogP contribution >= 0.6 is 11.8 Å². The fraction of sp³-hybridized carbons (Fsp3) is 0. The maximum atomic E-state index is 3.62. The van der Waals surface area contributed by atoms with E-state index >= 15 is 0 Å². The molecule has 24 valence electrons. The summed E-state index contributed by atoms with van der Waals surface area (Å²) in [6.07, 6.45) is 1.71. The molecule has 1 heterocycles. The molecular formula is C3H2NS+. The van der Waals surface area contributed by atoms with Crippen LogP contribution in [0.15, 0.2) is 11.6 Å². The lowest BCUT2D eigenvalue weighted by atomic mass is 11.0. The summed E-state index contributed by atoms with van der Waals surface area (Å²) in [5.74, 6) is 2.65. The smallest absolute Gasteiger partial charge is 0.0330 e. The van der Waals surface area contributed by atoms with E-state index in [1.54, 1.807) is 6.20 Å². The van der Waals surface area contributed by atoms with Crippen LogP contribution in [-0.4, -0.2) is 0 Å². The summed E-state index contributed by atoms with van der Waals surface area (Å²) in [6.45, 7) is 0. The number of thioether (sulfide) groups is 1. The Labute approximate surface area is 35.4 Å². The van der Waals surface area contributed by atoms with Gasteiger partial charge in [-0.05, 0) is 11.8 Å². The molecular weight excluding hydrogens is 82.1 g/mol. The zero-order valence-corrected chi connectivity index (χ0v) is 3.33. The van der Waals surface area contributed by atoms with Gasteiger partial charge in [-0.1, -0.05) is 0 Å². The van der Waals surface area contributed by atoms with Gasteiger partial charge in [-0.3, -0.25) is 0 Å². The molecule has 0 saturated heterocycles. The Hall–Kier alpha value is 0.0500. The molecule has 0 aromatic carbocycles. The van der Waals surface area contributed by atoms with E-state index in [-0.39, 0.29) is 0 Å². The molecule has 0 atom stereocenters. The zero-order chi connectivity index (χ0) is 3.54. The molecule has 0 spiro atoms. The molecule has 0 unspecified atom stereocenters. The minimum Gasteiger partial charge on any atom is -0.0330 e. The maximum Gasteiger partial charge on any atom is 0.424 e. The van der Waals surface area contributed by atoms with Gasteiger partial charge in [-0.2, -0.15) is 0 Å². The van der Waals surface area contributed by atoms with Crippen LogP contribution in [-0.2, 0) is 0 Å². The molecule has 1 rings (SSSR count). The van der Waals surface area contributed by atoms with Gasteiger partial charge >= 0.3 is 5.88 Å². The largest absolute Gasteiger partial charge is 0.424 e. The summed E-state index contributed by atoms with van der Waals surface area (Å²) >= 11 is 1.48. The number of nitrogens with zero attached hydrogens (tertiary/aromatic N) is 1. The molecule has 0 fully saturated rings. The van der Waals surface area contributed by atoms with Crippen LogP contribution in [0, 0.1) is 5.88 Å².